The summed E-state index contributed by atoms with van der Waals surface area (Å²) in [5.74, 6) is 0. The van der Waals surface area contributed by atoms with Crippen molar-refractivity contribution in [1.29, 1.82) is 0 Å². The van der Waals surface area contributed by atoms with E-state index in [0.717, 1.165) is 13.1 Å². The van der Waals surface area contributed by atoms with Crippen LogP contribution in [0.4, 0.5) is 0 Å². The van der Waals surface area contributed by atoms with Crippen molar-refractivity contribution in [2.24, 2.45) is 5.41 Å². The number of hydrogen-bond donors (Lipinski definition) is 0. The zero-order valence-electron chi connectivity index (χ0n) is 13.2. The van der Waals surface area contributed by atoms with Gasteiger partial charge in [-0.2, -0.15) is 0 Å². The Morgan fingerprint density at radius 3 is 2.11 bits per heavy atom. The van der Waals surface area contributed by atoms with E-state index in [1.54, 1.807) is 0 Å². The third-order valence-corrected chi connectivity index (χ3v) is 2.92. The first-order valence-electron chi connectivity index (χ1n) is 7.26. The van der Waals surface area contributed by atoms with Crippen LogP contribution in [-0.2, 0) is 6.54 Å². The Kier molecular flexibility index (Phi) is 8.74. The fourth-order valence-electron chi connectivity index (χ4n) is 2.44. The Hall–Kier alpha value is -0.820. The molecule has 1 heteroatoms. The van der Waals surface area contributed by atoms with Crippen molar-refractivity contribution in [3.63, 3.8) is 0 Å². The minimum absolute atomic E-state index is 0.429. The summed E-state index contributed by atoms with van der Waals surface area (Å²) in [7, 11) is 2.21. The summed E-state index contributed by atoms with van der Waals surface area (Å²) in [5.41, 5.74) is 1.83. The number of nitrogens with zero attached hydrogens (tertiary/aromatic N) is 1. The molecule has 0 bridgehead atoms. The highest BCUT2D eigenvalue weighted by Gasteiger charge is 2.18. The van der Waals surface area contributed by atoms with Crippen molar-refractivity contribution in [3.05, 3.63) is 35.9 Å². The van der Waals surface area contributed by atoms with E-state index in [1.165, 1.54) is 18.4 Å². The van der Waals surface area contributed by atoms with Crippen LogP contribution in [0, 0.1) is 5.41 Å². The van der Waals surface area contributed by atoms with E-state index in [9.17, 15) is 0 Å². The Bertz CT molecular complexity index is 290. The molecule has 1 aromatic carbocycles. The molecule has 0 N–H and O–H groups in total. The average molecular weight is 249 g/mol. The molecule has 0 aliphatic rings. The maximum atomic E-state index is 2.42. The van der Waals surface area contributed by atoms with Crippen LogP contribution in [0.1, 0.15) is 53.0 Å². The van der Waals surface area contributed by atoms with Crippen LogP contribution in [0.25, 0.3) is 0 Å². The molecule has 104 valence electrons. The fraction of sp³-hybridized carbons (Fsp3) is 0.647. The quantitative estimate of drug-likeness (QED) is 0.688. The summed E-state index contributed by atoms with van der Waals surface area (Å²) in [6.07, 6.45) is 2.57. The van der Waals surface area contributed by atoms with Crippen LogP contribution in [0.3, 0.4) is 0 Å². The summed E-state index contributed by atoms with van der Waals surface area (Å²) in [4.78, 5) is 2.42. The number of benzene rings is 1. The van der Waals surface area contributed by atoms with Gasteiger partial charge in [-0.25, -0.2) is 0 Å². The smallest absolute Gasteiger partial charge is 0.0230 e. The molecule has 0 saturated heterocycles. The average Bonchev–Trinajstić information content (AvgIpc) is 2.31. The van der Waals surface area contributed by atoms with Crippen LogP contribution in [0.2, 0.25) is 0 Å². The van der Waals surface area contributed by atoms with E-state index in [-0.39, 0.29) is 0 Å². The van der Waals surface area contributed by atoms with E-state index in [0.29, 0.717) is 5.41 Å². The second-order valence-electron chi connectivity index (χ2n) is 5.57. The minimum Gasteiger partial charge on any atom is -0.302 e. The summed E-state index contributed by atoms with van der Waals surface area (Å²) in [6.45, 7) is 13.2. The maximum Gasteiger partial charge on any atom is 0.0230 e. The molecule has 0 saturated carbocycles. The molecule has 0 unspecified atom stereocenters. The molecular weight excluding hydrogens is 218 g/mol. The van der Waals surface area contributed by atoms with Crippen molar-refractivity contribution in [1.82, 2.24) is 4.90 Å². The molecular formula is C17H31N. The first-order chi connectivity index (χ1) is 8.53. The van der Waals surface area contributed by atoms with Crippen molar-refractivity contribution in [3.8, 4) is 0 Å². The molecule has 1 aromatic rings. The summed E-state index contributed by atoms with van der Waals surface area (Å²) >= 11 is 0. The van der Waals surface area contributed by atoms with Gasteiger partial charge in [-0.15, -0.1) is 0 Å². The van der Waals surface area contributed by atoms with Crippen molar-refractivity contribution < 1.29 is 0 Å². The lowest BCUT2D eigenvalue weighted by molar-refractivity contribution is 0.191. The van der Waals surface area contributed by atoms with Gasteiger partial charge in [0.1, 0.15) is 0 Å². The van der Waals surface area contributed by atoms with Gasteiger partial charge in [0.25, 0.3) is 0 Å². The zero-order valence-corrected chi connectivity index (χ0v) is 13.2. The summed E-state index contributed by atoms with van der Waals surface area (Å²) < 4.78 is 0. The first kappa shape index (κ1) is 17.2. The second-order valence-corrected chi connectivity index (χ2v) is 5.57. The van der Waals surface area contributed by atoms with Crippen LogP contribution in [-0.4, -0.2) is 18.5 Å². The maximum absolute atomic E-state index is 2.42. The predicted octanol–water partition coefficient (Wildman–Crippen LogP) is 4.97. The van der Waals surface area contributed by atoms with Gasteiger partial charge in [-0.3, -0.25) is 0 Å². The zero-order chi connectivity index (χ0) is 14.0. The highest BCUT2D eigenvalue weighted by Crippen LogP contribution is 2.23. The van der Waals surface area contributed by atoms with Crippen LogP contribution in [0.5, 0.6) is 0 Å². The molecule has 0 heterocycles. The predicted molar refractivity (Wildman–Crippen MR) is 82.8 cm³/mol. The van der Waals surface area contributed by atoms with Gasteiger partial charge in [0.2, 0.25) is 0 Å². The largest absolute Gasteiger partial charge is 0.302 e. The molecule has 0 atom stereocenters. The van der Waals surface area contributed by atoms with Crippen LogP contribution < -0.4 is 0 Å². The second kappa shape index (κ2) is 9.16. The lowest BCUT2D eigenvalue weighted by Crippen LogP contribution is -2.30. The Labute approximate surface area is 114 Å². The Morgan fingerprint density at radius 2 is 1.61 bits per heavy atom. The highest BCUT2D eigenvalue weighted by atomic mass is 15.1. The molecule has 0 aromatic heterocycles. The van der Waals surface area contributed by atoms with Crippen molar-refractivity contribution in [2.45, 2.75) is 54.0 Å². The molecule has 0 fully saturated rings. The van der Waals surface area contributed by atoms with Gasteiger partial charge in [-0.1, -0.05) is 71.4 Å². The lowest BCUT2D eigenvalue weighted by Gasteiger charge is -2.30. The summed E-state index contributed by atoms with van der Waals surface area (Å²) in [6, 6.07) is 10.7. The molecule has 18 heavy (non-hydrogen) atoms. The SMILES string of the molecule is CC.CCCC(C)(C)CN(C)Cc1ccccc1. The highest BCUT2D eigenvalue weighted by molar-refractivity contribution is 5.14. The topological polar surface area (TPSA) is 3.24 Å². The van der Waals surface area contributed by atoms with E-state index in [1.807, 2.05) is 13.8 Å². The Balaban J connectivity index is 0.00000137. The van der Waals surface area contributed by atoms with Gasteiger partial charge in [0, 0.05) is 13.1 Å². The van der Waals surface area contributed by atoms with E-state index in [2.05, 4.69) is 63.1 Å². The first-order valence-corrected chi connectivity index (χ1v) is 7.26. The van der Waals surface area contributed by atoms with Gasteiger partial charge in [0.15, 0.2) is 0 Å². The van der Waals surface area contributed by atoms with Gasteiger partial charge in [-0.05, 0) is 24.4 Å². The van der Waals surface area contributed by atoms with Gasteiger partial charge >= 0.3 is 0 Å². The number of hydrogen-bond acceptors (Lipinski definition) is 1. The van der Waals surface area contributed by atoms with E-state index >= 15 is 0 Å². The van der Waals surface area contributed by atoms with E-state index < -0.39 is 0 Å². The minimum atomic E-state index is 0.429. The Morgan fingerprint density at radius 1 is 1.06 bits per heavy atom. The molecule has 0 aliphatic heterocycles. The van der Waals surface area contributed by atoms with Crippen LogP contribution >= 0.6 is 0 Å². The number of rotatable bonds is 6. The molecule has 0 aliphatic carbocycles. The van der Waals surface area contributed by atoms with E-state index in [4.69, 9.17) is 0 Å². The van der Waals surface area contributed by atoms with Crippen LogP contribution in [0.15, 0.2) is 30.3 Å². The third kappa shape index (κ3) is 7.50. The lowest BCUT2D eigenvalue weighted by atomic mass is 9.87. The normalized spacial score (nSPS) is 11.1. The fourth-order valence-corrected chi connectivity index (χ4v) is 2.44. The molecule has 1 nitrogen and oxygen atoms in total. The standard InChI is InChI=1S/C15H25N.C2H6/c1-5-11-15(2,3)13-16(4)12-14-9-7-6-8-10-14;1-2/h6-10H,5,11-13H2,1-4H3;1-2H3. The molecule has 0 radical (unpaired) electrons. The van der Waals surface area contributed by atoms with Crippen molar-refractivity contribution in [2.75, 3.05) is 13.6 Å². The van der Waals surface area contributed by atoms with Crippen molar-refractivity contribution >= 4 is 0 Å². The van der Waals surface area contributed by atoms with Gasteiger partial charge in [0.05, 0.1) is 0 Å². The monoisotopic (exact) mass is 249 g/mol. The summed E-state index contributed by atoms with van der Waals surface area (Å²) in [5, 5.41) is 0. The van der Waals surface area contributed by atoms with Gasteiger partial charge < -0.3 is 4.90 Å². The molecule has 1 rings (SSSR count). The molecule has 0 spiro atoms. The third-order valence-electron chi connectivity index (χ3n) is 2.92. The molecule has 0 amide bonds.